The van der Waals surface area contributed by atoms with Crippen molar-refractivity contribution in [3.63, 3.8) is 0 Å². The lowest BCUT2D eigenvalue weighted by Gasteiger charge is -2.37. The van der Waals surface area contributed by atoms with E-state index in [1.165, 1.54) is 0 Å². The molecule has 2 saturated heterocycles. The van der Waals surface area contributed by atoms with Gasteiger partial charge in [0.15, 0.2) is 9.84 Å². The molecule has 0 saturated carbocycles. The van der Waals surface area contributed by atoms with E-state index in [9.17, 15) is 8.42 Å². The molecule has 3 heterocycles. The van der Waals surface area contributed by atoms with E-state index in [4.69, 9.17) is 0 Å². The normalized spacial score (nSPS) is 31.4. The van der Waals surface area contributed by atoms with E-state index in [-0.39, 0.29) is 23.6 Å². The number of fused-ring (bicyclic) bond motifs is 1. The largest absolute Gasteiger partial charge is 0.348 e. The summed E-state index contributed by atoms with van der Waals surface area (Å²) in [6.45, 7) is 4.45. The number of nitrogens with zero attached hydrogens (tertiary/aromatic N) is 2. The van der Waals surface area contributed by atoms with Gasteiger partial charge in [-0.3, -0.25) is 4.90 Å². The Kier molecular flexibility index (Phi) is 2.91. The highest BCUT2D eigenvalue weighted by molar-refractivity contribution is 7.91. The van der Waals surface area contributed by atoms with Crippen LogP contribution in [-0.2, 0) is 16.4 Å². The topological polar surface area (TPSA) is 78.1 Å². The number of imidazole rings is 1. The first-order valence-corrected chi connectivity index (χ1v) is 8.04. The zero-order valence-electron chi connectivity index (χ0n) is 10.4. The van der Waals surface area contributed by atoms with Gasteiger partial charge in [-0.15, -0.1) is 0 Å². The Bertz CT molecular complexity index is 539. The molecule has 2 aliphatic heterocycles. The van der Waals surface area contributed by atoms with E-state index < -0.39 is 9.84 Å². The summed E-state index contributed by atoms with van der Waals surface area (Å²) in [5.74, 6) is 0.544. The van der Waals surface area contributed by atoms with Crippen molar-refractivity contribution in [1.82, 2.24) is 20.2 Å². The molecule has 0 unspecified atom stereocenters. The first-order chi connectivity index (χ1) is 8.55. The predicted octanol–water partition coefficient (Wildman–Crippen LogP) is -0.711. The van der Waals surface area contributed by atoms with Gasteiger partial charge in [-0.1, -0.05) is 0 Å². The van der Waals surface area contributed by atoms with Gasteiger partial charge in [0.2, 0.25) is 0 Å². The lowest BCUT2D eigenvalue weighted by Crippen LogP contribution is -2.56. The summed E-state index contributed by atoms with van der Waals surface area (Å²) in [6, 6.07) is 0.183. The van der Waals surface area contributed by atoms with Gasteiger partial charge in [0.05, 0.1) is 23.5 Å². The number of hydrogen-bond donors (Lipinski definition) is 2. The molecule has 0 radical (unpaired) electrons. The third-order valence-corrected chi connectivity index (χ3v) is 5.60. The quantitative estimate of drug-likeness (QED) is 0.742. The number of piperazine rings is 1. The maximum absolute atomic E-state index is 11.7. The van der Waals surface area contributed by atoms with Crippen molar-refractivity contribution in [2.45, 2.75) is 25.6 Å². The van der Waals surface area contributed by atoms with Gasteiger partial charge >= 0.3 is 0 Å². The van der Waals surface area contributed by atoms with Crippen LogP contribution in [0, 0.1) is 6.92 Å². The van der Waals surface area contributed by atoms with Gasteiger partial charge in [-0.25, -0.2) is 13.4 Å². The van der Waals surface area contributed by atoms with E-state index in [0.717, 1.165) is 31.0 Å². The molecule has 2 aliphatic rings. The van der Waals surface area contributed by atoms with E-state index in [2.05, 4.69) is 20.2 Å². The zero-order valence-corrected chi connectivity index (χ0v) is 11.2. The molecule has 2 atom stereocenters. The Morgan fingerprint density at radius 1 is 1.50 bits per heavy atom. The van der Waals surface area contributed by atoms with Crippen LogP contribution < -0.4 is 5.32 Å². The van der Waals surface area contributed by atoms with Crippen LogP contribution in [0.5, 0.6) is 0 Å². The molecule has 6 nitrogen and oxygen atoms in total. The predicted molar refractivity (Wildman–Crippen MR) is 68.0 cm³/mol. The highest BCUT2D eigenvalue weighted by atomic mass is 32.2. The molecule has 18 heavy (non-hydrogen) atoms. The molecule has 0 spiro atoms. The summed E-state index contributed by atoms with van der Waals surface area (Å²) in [5, 5.41) is 3.31. The third-order valence-electron chi connectivity index (χ3n) is 3.88. The maximum Gasteiger partial charge on any atom is 0.153 e. The van der Waals surface area contributed by atoms with E-state index in [0.29, 0.717) is 0 Å². The number of aromatic amines is 1. The molecule has 0 bridgehead atoms. The van der Waals surface area contributed by atoms with Crippen LogP contribution in [0.2, 0.25) is 0 Å². The molecular formula is C11H18N4O2S. The smallest absolute Gasteiger partial charge is 0.153 e. The minimum atomic E-state index is -2.88. The van der Waals surface area contributed by atoms with E-state index in [1.807, 2.05) is 6.92 Å². The number of aromatic nitrogens is 2. The molecule has 1 aromatic heterocycles. The fraction of sp³-hybridized carbons (Fsp3) is 0.727. The molecule has 2 N–H and O–H groups in total. The molecule has 100 valence electrons. The summed E-state index contributed by atoms with van der Waals surface area (Å²) >= 11 is 0. The molecule has 2 fully saturated rings. The first kappa shape index (κ1) is 12.1. The van der Waals surface area contributed by atoms with Crippen LogP contribution in [0.25, 0.3) is 0 Å². The first-order valence-electron chi connectivity index (χ1n) is 6.22. The minimum absolute atomic E-state index is 0.0861. The van der Waals surface area contributed by atoms with E-state index >= 15 is 0 Å². The Labute approximate surface area is 107 Å². The number of rotatable bonds is 2. The minimum Gasteiger partial charge on any atom is -0.348 e. The number of aryl methyl sites for hydroxylation is 1. The van der Waals surface area contributed by atoms with Crippen LogP contribution in [0.3, 0.4) is 0 Å². The van der Waals surface area contributed by atoms with Crippen molar-refractivity contribution in [3.05, 3.63) is 17.7 Å². The van der Waals surface area contributed by atoms with Crippen LogP contribution in [0.15, 0.2) is 6.33 Å². The van der Waals surface area contributed by atoms with Gasteiger partial charge in [0.1, 0.15) is 0 Å². The number of hydrogen-bond acceptors (Lipinski definition) is 5. The summed E-state index contributed by atoms with van der Waals surface area (Å²) in [5.41, 5.74) is 2.07. The Morgan fingerprint density at radius 2 is 2.33 bits per heavy atom. The molecular weight excluding hydrogens is 252 g/mol. The second-order valence-corrected chi connectivity index (χ2v) is 7.30. The number of sulfone groups is 1. The lowest BCUT2D eigenvalue weighted by molar-refractivity contribution is 0.139. The molecule has 3 rings (SSSR count). The average molecular weight is 270 g/mol. The van der Waals surface area contributed by atoms with Crippen molar-refractivity contribution in [2.75, 3.05) is 24.6 Å². The third kappa shape index (κ3) is 2.17. The van der Waals surface area contributed by atoms with Crippen molar-refractivity contribution < 1.29 is 8.42 Å². The van der Waals surface area contributed by atoms with E-state index in [1.54, 1.807) is 6.33 Å². The standard InChI is InChI=1S/C11H18N4O2S/c1-8-9(14-7-13-8)4-15-3-2-12-10-5-18(16,17)6-11(10)15/h7,10-12H,2-6H2,1H3,(H,13,14)/t10-,11+/m1/s1. The van der Waals surface area contributed by atoms with Gasteiger partial charge in [0.25, 0.3) is 0 Å². The molecule has 1 aromatic rings. The lowest BCUT2D eigenvalue weighted by atomic mass is 10.1. The summed E-state index contributed by atoms with van der Waals surface area (Å²) < 4.78 is 23.4. The molecule has 0 amide bonds. The Balaban J connectivity index is 1.78. The summed E-state index contributed by atoms with van der Waals surface area (Å²) in [6.07, 6.45) is 1.69. The van der Waals surface area contributed by atoms with Crippen LogP contribution in [0.1, 0.15) is 11.4 Å². The Morgan fingerprint density at radius 3 is 3.06 bits per heavy atom. The average Bonchev–Trinajstić information content (AvgIpc) is 2.82. The van der Waals surface area contributed by atoms with Crippen molar-refractivity contribution in [1.29, 1.82) is 0 Å². The van der Waals surface area contributed by atoms with Gasteiger partial charge in [-0.2, -0.15) is 0 Å². The van der Waals surface area contributed by atoms with Crippen molar-refractivity contribution in [2.24, 2.45) is 0 Å². The van der Waals surface area contributed by atoms with Gasteiger partial charge < -0.3 is 10.3 Å². The molecule has 7 heteroatoms. The number of H-pyrrole nitrogens is 1. The zero-order chi connectivity index (χ0) is 12.8. The van der Waals surface area contributed by atoms with Crippen molar-refractivity contribution in [3.8, 4) is 0 Å². The van der Waals surface area contributed by atoms with Gasteiger partial charge in [-0.05, 0) is 6.92 Å². The molecule has 0 aromatic carbocycles. The van der Waals surface area contributed by atoms with Gasteiger partial charge in [0, 0.05) is 37.4 Å². The SMILES string of the molecule is Cc1[nH]cnc1CN1CCN[C@@H]2CS(=O)(=O)C[C@@H]21. The fourth-order valence-corrected chi connectivity index (χ4v) is 4.87. The second-order valence-electron chi connectivity index (χ2n) is 5.15. The summed E-state index contributed by atoms with van der Waals surface area (Å²) in [4.78, 5) is 9.60. The van der Waals surface area contributed by atoms with Crippen molar-refractivity contribution >= 4 is 9.84 Å². The fourth-order valence-electron chi connectivity index (χ4n) is 2.88. The van der Waals surface area contributed by atoms with Crippen LogP contribution >= 0.6 is 0 Å². The highest BCUT2D eigenvalue weighted by Gasteiger charge is 2.42. The molecule has 0 aliphatic carbocycles. The second kappa shape index (κ2) is 4.32. The maximum atomic E-state index is 11.7. The van der Waals surface area contributed by atoms with Crippen LogP contribution in [0.4, 0.5) is 0 Å². The summed E-state index contributed by atoms with van der Waals surface area (Å²) in [7, 11) is -2.88. The number of nitrogens with one attached hydrogen (secondary N) is 2. The highest BCUT2D eigenvalue weighted by Crippen LogP contribution is 2.23. The Hall–Kier alpha value is -0.920. The monoisotopic (exact) mass is 270 g/mol. The van der Waals surface area contributed by atoms with Crippen LogP contribution in [-0.4, -0.2) is 60.0 Å².